The average molecular weight is 305 g/mol. The zero-order valence-electron chi connectivity index (χ0n) is 12.8. The summed E-state index contributed by atoms with van der Waals surface area (Å²) in [6, 6.07) is 11.5. The van der Waals surface area contributed by atoms with Gasteiger partial charge >= 0.3 is 0 Å². The van der Waals surface area contributed by atoms with Crippen molar-refractivity contribution < 1.29 is 14.3 Å². The first kappa shape index (κ1) is 13.6. The third-order valence-electron chi connectivity index (χ3n) is 4.04. The molecule has 4 rings (SSSR count). The van der Waals surface area contributed by atoms with Gasteiger partial charge in [0, 0.05) is 22.7 Å². The predicted molar refractivity (Wildman–Crippen MR) is 89.0 cm³/mol. The Kier molecular flexibility index (Phi) is 2.98. The number of Topliss-reactive ketones (excluding diaryl/α,β-unsaturated/α-hetero) is 1. The summed E-state index contributed by atoms with van der Waals surface area (Å²) in [7, 11) is 1.56. The third-order valence-corrected chi connectivity index (χ3v) is 4.04. The number of H-pyrrole nitrogens is 1. The lowest BCUT2D eigenvalue weighted by Gasteiger charge is -2.04. The number of benzene rings is 2. The van der Waals surface area contributed by atoms with E-state index in [1.807, 2.05) is 25.3 Å². The van der Waals surface area contributed by atoms with Crippen LogP contribution in [-0.2, 0) is 0 Å². The summed E-state index contributed by atoms with van der Waals surface area (Å²) in [6.07, 6.45) is 3.66. The maximum atomic E-state index is 12.5. The van der Waals surface area contributed by atoms with Gasteiger partial charge in [-0.15, -0.1) is 0 Å². The molecule has 1 aliphatic rings. The molecule has 0 aliphatic carbocycles. The molecule has 0 radical (unpaired) electrons. The Labute approximate surface area is 133 Å². The number of ketones is 1. The van der Waals surface area contributed by atoms with E-state index in [9.17, 15) is 4.79 Å². The number of aromatic nitrogens is 1. The second-order valence-electron chi connectivity index (χ2n) is 5.57. The van der Waals surface area contributed by atoms with Crippen LogP contribution in [0.1, 0.15) is 21.5 Å². The van der Waals surface area contributed by atoms with Crippen molar-refractivity contribution in [3.63, 3.8) is 0 Å². The minimum atomic E-state index is -0.125. The van der Waals surface area contributed by atoms with E-state index in [1.165, 1.54) is 5.56 Å². The fraction of sp³-hybridized carbons (Fsp3) is 0.105. The van der Waals surface area contributed by atoms with Gasteiger partial charge in [-0.1, -0.05) is 18.2 Å². The van der Waals surface area contributed by atoms with E-state index in [4.69, 9.17) is 9.47 Å². The van der Waals surface area contributed by atoms with Crippen molar-refractivity contribution in [2.75, 3.05) is 7.11 Å². The molecule has 4 nitrogen and oxygen atoms in total. The van der Waals surface area contributed by atoms with E-state index < -0.39 is 0 Å². The van der Waals surface area contributed by atoms with Crippen LogP contribution in [0.3, 0.4) is 0 Å². The number of aromatic amines is 1. The molecule has 114 valence electrons. The van der Waals surface area contributed by atoms with Crippen LogP contribution in [0.2, 0.25) is 0 Å². The Hall–Kier alpha value is -3.01. The molecule has 23 heavy (non-hydrogen) atoms. The second-order valence-corrected chi connectivity index (χ2v) is 5.57. The number of fused-ring (bicyclic) bond motifs is 2. The molecule has 1 aromatic heterocycles. The molecule has 0 saturated carbocycles. The molecule has 0 fully saturated rings. The van der Waals surface area contributed by atoms with Gasteiger partial charge in [0.1, 0.15) is 0 Å². The second kappa shape index (κ2) is 5.02. The van der Waals surface area contributed by atoms with Gasteiger partial charge in [-0.2, -0.15) is 0 Å². The van der Waals surface area contributed by atoms with Crippen molar-refractivity contribution in [1.29, 1.82) is 0 Å². The first-order valence-electron chi connectivity index (χ1n) is 7.36. The highest BCUT2D eigenvalue weighted by Crippen LogP contribution is 2.39. The average Bonchev–Trinajstić information content (AvgIpc) is 3.09. The summed E-state index contributed by atoms with van der Waals surface area (Å²) in [5, 5.41) is 1.06. The molecule has 1 aliphatic heterocycles. The van der Waals surface area contributed by atoms with Gasteiger partial charge in [0.05, 0.1) is 12.7 Å². The molecule has 0 bridgehead atoms. The zero-order valence-corrected chi connectivity index (χ0v) is 12.8. The molecule has 0 atom stereocenters. The molecular weight excluding hydrogens is 290 g/mol. The number of allylic oxidation sites excluding steroid dienone is 1. The van der Waals surface area contributed by atoms with Gasteiger partial charge in [-0.25, -0.2) is 0 Å². The van der Waals surface area contributed by atoms with E-state index in [0.717, 1.165) is 16.5 Å². The molecule has 1 N–H and O–H groups in total. The number of para-hydroxylation sites is 1. The minimum absolute atomic E-state index is 0.125. The van der Waals surface area contributed by atoms with Crippen molar-refractivity contribution in [1.82, 2.24) is 4.98 Å². The standard InChI is InChI=1S/C19H15NO3/c1-11-6-7-13-12(10-20-15(13)8-11)9-17-18(21)14-4-3-5-16(22-2)19(14)23-17/h3-10,20H,1-2H3/b17-9-. The molecule has 3 aromatic rings. The topological polar surface area (TPSA) is 51.3 Å². The lowest BCUT2D eigenvalue weighted by Crippen LogP contribution is -1.97. The van der Waals surface area contributed by atoms with Gasteiger partial charge in [0.15, 0.2) is 17.3 Å². The van der Waals surface area contributed by atoms with Gasteiger partial charge in [-0.05, 0) is 36.8 Å². The van der Waals surface area contributed by atoms with E-state index in [1.54, 1.807) is 31.4 Å². The zero-order chi connectivity index (χ0) is 16.0. The van der Waals surface area contributed by atoms with Crippen LogP contribution >= 0.6 is 0 Å². The quantitative estimate of drug-likeness (QED) is 0.725. The number of nitrogens with one attached hydrogen (secondary N) is 1. The number of carbonyl (C=O) groups excluding carboxylic acids is 1. The van der Waals surface area contributed by atoms with Crippen LogP contribution in [0.4, 0.5) is 0 Å². The lowest BCUT2D eigenvalue weighted by atomic mass is 10.1. The van der Waals surface area contributed by atoms with Crippen LogP contribution in [0, 0.1) is 6.92 Å². The monoisotopic (exact) mass is 305 g/mol. The summed E-state index contributed by atoms with van der Waals surface area (Å²) in [6.45, 7) is 2.05. The van der Waals surface area contributed by atoms with Crippen LogP contribution < -0.4 is 9.47 Å². The van der Waals surface area contributed by atoms with Crippen LogP contribution in [0.5, 0.6) is 11.5 Å². The third kappa shape index (κ3) is 2.11. The van der Waals surface area contributed by atoms with Crippen molar-refractivity contribution in [2.24, 2.45) is 0 Å². The molecule has 0 saturated heterocycles. The van der Waals surface area contributed by atoms with E-state index in [2.05, 4.69) is 11.1 Å². The van der Waals surface area contributed by atoms with Crippen LogP contribution in [0.15, 0.2) is 48.4 Å². The number of carbonyl (C=O) groups is 1. The number of methoxy groups -OCH3 is 1. The van der Waals surface area contributed by atoms with Crippen LogP contribution in [-0.4, -0.2) is 17.9 Å². The Bertz CT molecular complexity index is 966. The molecule has 0 unspecified atom stereocenters. The maximum Gasteiger partial charge on any atom is 0.232 e. The normalized spacial score (nSPS) is 15.0. The van der Waals surface area contributed by atoms with Gasteiger partial charge in [-0.3, -0.25) is 4.79 Å². The molecule has 0 amide bonds. The molecule has 4 heteroatoms. The Balaban J connectivity index is 1.79. The Morgan fingerprint density at radius 2 is 2.09 bits per heavy atom. The minimum Gasteiger partial charge on any atom is -0.493 e. The number of rotatable bonds is 2. The number of ether oxygens (including phenoxy) is 2. The summed E-state index contributed by atoms with van der Waals surface area (Å²) in [5.74, 6) is 1.24. The first-order valence-corrected chi connectivity index (χ1v) is 7.36. The van der Waals surface area contributed by atoms with Gasteiger partial charge in [0.2, 0.25) is 5.78 Å². The molecule has 2 aromatic carbocycles. The number of aryl methyl sites for hydroxylation is 1. The van der Waals surface area contributed by atoms with Crippen LogP contribution in [0.25, 0.3) is 17.0 Å². The highest BCUT2D eigenvalue weighted by atomic mass is 16.5. The lowest BCUT2D eigenvalue weighted by molar-refractivity contribution is 0.101. The largest absolute Gasteiger partial charge is 0.493 e. The Morgan fingerprint density at radius 3 is 2.91 bits per heavy atom. The molecular formula is C19H15NO3. The van der Waals surface area contributed by atoms with Gasteiger partial charge in [0.25, 0.3) is 0 Å². The fourth-order valence-corrected chi connectivity index (χ4v) is 2.87. The number of hydrogen-bond acceptors (Lipinski definition) is 3. The predicted octanol–water partition coefficient (Wildman–Crippen LogP) is 4.10. The summed E-state index contributed by atoms with van der Waals surface area (Å²) >= 11 is 0. The maximum absolute atomic E-state index is 12.5. The van der Waals surface area contributed by atoms with E-state index in [0.29, 0.717) is 22.8 Å². The summed E-state index contributed by atoms with van der Waals surface area (Å²) in [5.41, 5.74) is 3.68. The smallest absolute Gasteiger partial charge is 0.232 e. The summed E-state index contributed by atoms with van der Waals surface area (Å²) < 4.78 is 11.0. The highest BCUT2D eigenvalue weighted by molar-refractivity contribution is 6.15. The Morgan fingerprint density at radius 1 is 1.22 bits per heavy atom. The van der Waals surface area contributed by atoms with Crippen molar-refractivity contribution in [3.05, 3.63) is 65.0 Å². The van der Waals surface area contributed by atoms with E-state index in [-0.39, 0.29) is 5.78 Å². The fourth-order valence-electron chi connectivity index (χ4n) is 2.87. The van der Waals surface area contributed by atoms with Gasteiger partial charge < -0.3 is 14.5 Å². The highest BCUT2D eigenvalue weighted by Gasteiger charge is 2.30. The first-order chi connectivity index (χ1) is 11.2. The molecule has 0 spiro atoms. The molecule has 2 heterocycles. The summed E-state index contributed by atoms with van der Waals surface area (Å²) in [4.78, 5) is 15.7. The number of hydrogen-bond donors (Lipinski definition) is 1. The SMILES string of the molecule is COc1cccc2c1O/C(=C\c1c[nH]c3cc(C)ccc13)C2=O. The van der Waals surface area contributed by atoms with Crippen molar-refractivity contribution in [2.45, 2.75) is 6.92 Å². The van der Waals surface area contributed by atoms with Crippen molar-refractivity contribution >= 4 is 22.8 Å². The van der Waals surface area contributed by atoms with E-state index >= 15 is 0 Å². The van der Waals surface area contributed by atoms with Crippen molar-refractivity contribution in [3.8, 4) is 11.5 Å².